The van der Waals surface area contributed by atoms with Gasteiger partial charge in [0.2, 0.25) is 0 Å². The number of benzene rings is 1. The van der Waals surface area contributed by atoms with E-state index in [-0.39, 0.29) is 11.9 Å². The molecule has 2 N–H and O–H groups in total. The highest BCUT2D eigenvalue weighted by Gasteiger charge is 2.30. The molecule has 3 nitrogen and oxygen atoms in total. The number of nitrogens with two attached hydrogens (primary N) is 1. The van der Waals surface area contributed by atoms with Crippen LogP contribution in [0.15, 0.2) is 22.7 Å². The van der Waals surface area contributed by atoms with Crippen LogP contribution in [0, 0.1) is 12.8 Å². The molecule has 0 radical (unpaired) electrons. The van der Waals surface area contributed by atoms with E-state index in [0.717, 1.165) is 35.0 Å². The van der Waals surface area contributed by atoms with Crippen LogP contribution in [-0.4, -0.2) is 29.9 Å². The first-order valence-electron chi connectivity index (χ1n) is 6.80. The van der Waals surface area contributed by atoms with Crippen molar-refractivity contribution in [3.63, 3.8) is 0 Å². The molecule has 0 aliphatic carbocycles. The number of hydrogen-bond donors (Lipinski definition) is 1. The van der Waals surface area contributed by atoms with Gasteiger partial charge in [-0.1, -0.05) is 13.0 Å². The van der Waals surface area contributed by atoms with Crippen LogP contribution in [0.25, 0.3) is 0 Å². The van der Waals surface area contributed by atoms with Gasteiger partial charge >= 0.3 is 0 Å². The van der Waals surface area contributed by atoms with Crippen LogP contribution >= 0.6 is 15.9 Å². The predicted octanol–water partition coefficient (Wildman–Crippen LogP) is 2.96. The number of halogens is 1. The Bertz CT molecular complexity index is 475. The second-order valence-corrected chi connectivity index (χ2v) is 6.36. The first kappa shape index (κ1) is 14.5. The summed E-state index contributed by atoms with van der Waals surface area (Å²) in [6.45, 7) is 5.60. The Morgan fingerprint density at radius 3 is 2.89 bits per heavy atom. The minimum Gasteiger partial charge on any atom is -0.334 e. The van der Waals surface area contributed by atoms with Gasteiger partial charge < -0.3 is 10.6 Å². The van der Waals surface area contributed by atoms with Crippen molar-refractivity contribution in [2.75, 3.05) is 13.1 Å². The van der Waals surface area contributed by atoms with E-state index < -0.39 is 0 Å². The molecule has 1 aromatic carbocycles. The Morgan fingerprint density at radius 1 is 1.53 bits per heavy atom. The van der Waals surface area contributed by atoms with E-state index in [1.807, 2.05) is 30.0 Å². The van der Waals surface area contributed by atoms with E-state index in [1.165, 1.54) is 0 Å². The summed E-state index contributed by atoms with van der Waals surface area (Å²) in [5.41, 5.74) is 7.71. The smallest absolute Gasteiger partial charge is 0.255 e. The summed E-state index contributed by atoms with van der Waals surface area (Å²) in [4.78, 5) is 14.6. The molecule has 1 amide bonds. The number of carbonyl (C=O) groups is 1. The second kappa shape index (κ2) is 6.06. The van der Waals surface area contributed by atoms with Crippen molar-refractivity contribution in [3.05, 3.63) is 33.8 Å². The van der Waals surface area contributed by atoms with Crippen molar-refractivity contribution >= 4 is 21.8 Å². The SMILES string of the molecule is Cc1ccc(C(=O)N2CCC(C)CC2CN)c(Br)c1. The Morgan fingerprint density at radius 2 is 2.26 bits per heavy atom. The van der Waals surface area contributed by atoms with E-state index in [0.29, 0.717) is 12.5 Å². The van der Waals surface area contributed by atoms with Crippen LogP contribution in [0.2, 0.25) is 0 Å². The third kappa shape index (κ3) is 3.18. The molecule has 19 heavy (non-hydrogen) atoms. The lowest BCUT2D eigenvalue weighted by Crippen LogP contribution is -2.49. The number of carbonyl (C=O) groups excluding carboxylic acids is 1. The molecular formula is C15H21BrN2O. The zero-order valence-electron chi connectivity index (χ0n) is 11.5. The highest BCUT2D eigenvalue weighted by molar-refractivity contribution is 9.10. The highest BCUT2D eigenvalue weighted by Crippen LogP contribution is 2.26. The van der Waals surface area contributed by atoms with Crippen LogP contribution in [0.3, 0.4) is 0 Å². The molecule has 0 aromatic heterocycles. The lowest BCUT2D eigenvalue weighted by molar-refractivity contribution is 0.0572. The van der Waals surface area contributed by atoms with Crippen LogP contribution in [-0.2, 0) is 0 Å². The van der Waals surface area contributed by atoms with Crippen LogP contribution in [0.4, 0.5) is 0 Å². The first-order valence-corrected chi connectivity index (χ1v) is 7.59. The molecule has 2 unspecified atom stereocenters. The molecular weight excluding hydrogens is 304 g/mol. The lowest BCUT2D eigenvalue weighted by Gasteiger charge is -2.38. The number of piperidine rings is 1. The molecule has 1 aromatic rings. The van der Waals surface area contributed by atoms with E-state index in [1.54, 1.807) is 0 Å². The van der Waals surface area contributed by atoms with Gasteiger partial charge in [0.05, 0.1) is 5.56 Å². The maximum absolute atomic E-state index is 12.6. The van der Waals surface area contributed by atoms with E-state index >= 15 is 0 Å². The van der Waals surface area contributed by atoms with Crippen molar-refractivity contribution < 1.29 is 4.79 Å². The molecule has 1 saturated heterocycles. The fourth-order valence-corrected chi connectivity index (χ4v) is 3.35. The number of nitrogens with zero attached hydrogens (tertiary/aromatic N) is 1. The number of aryl methyl sites for hydroxylation is 1. The number of amides is 1. The zero-order chi connectivity index (χ0) is 14.0. The van der Waals surface area contributed by atoms with Gasteiger partial charge in [-0.15, -0.1) is 0 Å². The summed E-state index contributed by atoms with van der Waals surface area (Å²) in [5.74, 6) is 0.744. The molecule has 4 heteroatoms. The van der Waals surface area contributed by atoms with Crippen LogP contribution in [0.5, 0.6) is 0 Å². The summed E-state index contributed by atoms with van der Waals surface area (Å²) >= 11 is 3.49. The maximum atomic E-state index is 12.6. The monoisotopic (exact) mass is 324 g/mol. The van der Waals surface area contributed by atoms with Crippen molar-refractivity contribution in [1.82, 2.24) is 4.90 Å². The van der Waals surface area contributed by atoms with E-state index in [9.17, 15) is 4.79 Å². The molecule has 2 atom stereocenters. The topological polar surface area (TPSA) is 46.3 Å². The molecule has 0 spiro atoms. The lowest BCUT2D eigenvalue weighted by atomic mass is 9.92. The van der Waals surface area contributed by atoms with Crippen LogP contribution in [0.1, 0.15) is 35.7 Å². The van der Waals surface area contributed by atoms with Gasteiger partial charge in [-0.3, -0.25) is 4.79 Å². The third-order valence-corrected chi connectivity index (χ3v) is 4.52. The van der Waals surface area contributed by atoms with Crippen molar-refractivity contribution in [2.24, 2.45) is 11.7 Å². The quantitative estimate of drug-likeness (QED) is 0.909. The minimum absolute atomic E-state index is 0.0919. The maximum Gasteiger partial charge on any atom is 0.255 e. The fourth-order valence-electron chi connectivity index (χ4n) is 2.69. The average Bonchev–Trinajstić information content (AvgIpc) is 2.37. The molecule has 0 saturated carbocycles. The summed E-state index contributed by atoms with van der Waals surface area (Å²) in [7, 11) is 0. The predicted molar refractivity (Wildman–Crippen MR) is 81.2 cm³/mol. The van der Waals surface area contributed by atoms with Crippen LogP contribution < -0.4 is 5.73 Å². The number of rotatable bonds is 2. The Hall–Kier alpha value is -0.870. The normalized spacial score (nSPS) is 23.5. The highest BCUT2D eigenvalue weighted by atomic mass is 79.9. The molecule has 0 bridgehead atoms. The standard InChI is InChI=1S/C15H21BrN2O/c1-10-3-4-13(14(16)8-10)15(19)18-6-5-11(2)7-12(18)9-17/h3-4,8,11-12H,5-7,9,17H2,1-2H3. The first-order chi connectivity index (χ1) is 9.02. The molecule has 1 heterocycles. The van der Waals surface area contributed by atoms with E-state index in [4.69, 9.17) is 5.73 Å². The van der Waals surface area contributed by atoms with Gasteiger partial charge in [-0.05, 0) is 59.3 Å². The fraction of sp³-hybridized carbons (Fsp3) is 0.533. The summed E-state index contributed by atoms with van der Waals surface area (Å²) in [6.07, 6.45) is 2.07. The molecule has 1 aliphatic heterocycles. The van der Waals surface area contributed by atoms with E-state index in [2.05, 4.69) is 22.9 Å². The van der Waals surface area contributed by atoms with Gasteiger partial charge in [0.1, 0.15) is 0 Å². The minimum atomic E-state index is 0.0919. The summed E-state index contributed by atoms with van der Waals surface area (Å²) in [6, 6.07) is 6.02. The van der Waals surface area contributed by atoms with Gasteiger partial charge in [0, 0.05) is 23.6 Å². The van der Waals surface area contributed by atoms with Gasteiger partial charge in [-0.25, -0.2) is 0 Å². The summed E-state index contributed by atoms with van der Waals surface area (Å²) < 4.78 is 0.867. The van der Waals surface area contributed by atoms with Gasteiger partial charge in [0.15, 0.2) is 0 Å². The van der Waals surface area contributed by atoms with Crippen molar-refractivity contribution in [1.29, 1.82) is 0 Å². The molecule has 1 aliphatic rings. The number of likely N-dealkylation sites (tertiary alicyclic amines) is 1. The molecule has 2 rings (SSSR count). The third-order valence-electron chi connectivity index (χ3n) is 3.87. The Balaban J connectivity index is 2.22. The summed E-state index contributed by atoms with van der Waals surface area (Å²) in [5, 5.41) is 0. The van der Waals surface area contributed by atoms with Gasteiger partial charge in [0.25, 0.3) is 5.91 Å². The van der Waals surface area contributed by atoms with Crippen molar-refractivity contribution in [2.45, 2.75) is 32.7 Å². The average molecular weight is 325 g/mol. The Labute approximate surface area is 123 Å². The Kier molecular flexibility index (Phi) is 4.63. The second-order valence-electron chi connectivity index (χ2n) is 5.50. The zero-order valence-corrected chi connectivity index (χ0v) is 13.1. The number of hydrogen-bond acceptors (Lipinski definition) is 2. The molecule has 1 fully saturated rings. The molecule has 104 valence electrons. The van der Waals surface area contributed by atoms with Crippen molar-refractivity contribution in [3.8, 4) is 0 Å². The van der Waals surface area contributed by atoms with Gasteiger partial charge in [-0.2, -0.15) is 0 Å². The largest absolute Gasteiger partial charge is 0.334 e.